The van der Waals surface area contributed by atoms with Crippen molar-refractivity contribution in [2.45, 2.75) is 0 Å². The molecule has 4 aromatic rings. The maximum absolute atomic E-state index is 3.86. The predicted molar refractivity (Wildman–Crippen MR) is 133 cm³/mol. The van der Waals surface area contributed by atoms with Crippen molar-refractivity contribution in [1.82, 2.24) is 0 Å². The van der Waals surface area contributed by atoms with Crippen molar-refractivity contribution < 1.29 is 19.5 Å². The minimum absolute atomic E-state index is 0. The van der Waals surface area contributed by atoms with E-state index < -0.39 is 0 Å². The van der Waals surface area contributed by atoms with E-state index in [1.54, 1.807) is 0 Å². The quantitative estimate of drug-likeness (QED) is 0.240. The Kier molecular flexibility index (Phi) is 7.34. The summed E-state index contributed by atoms with van der Waals surface area (Å²) in [6, 6.07) is 32.3. The molecule has 0 N–H and O–H groups in total. The van der Waals surface area contributed by atoms with Crippen LogP contribution in [0.25, 0.3) is 51.6 Å². The summed E-state index contributed by atoms with van der Waals surface area (Å²) in [5.74, 6) is 0. The van der Waals surface area contributed by atoms with Crippen LogP contribution in [-0.2, 0) is 19.5 Å². The summed E-state index contributed by atoms with van der Waals surface area (Å²) in [7, 11) is 0. The third kappa shape index (κ3) is 5.08. The van der Waals surface area contributed by atoms with Gasteiger partial charge in [0.1, 0.15) is 0 Å². The summed E-state index contributed by atoms with van der Waals surface area (Å²) >= 11 is 0. The molecule has 31 heavy (non-hydrogen) atoms. The molecule has 1 heteroatoms. The van der Waals surface area contributed by atoms with E-state index in [1.165, 1.54) is 33.4 Å². The molecule has 0 saturated heterocycles. The van der Waals surface area contributed by atoms with Crippen molar-refractivity contribution in [3.63, 3.8) is 0 Å². The van der Waals surface area contributed by atoms with Gasteiger partial charge in [0.2, 0.25) is 0 Å². The van der Waals surface area contributed by atoms with Crippen molar-refractivity contribution in [2.24, 2.45) is 0 Å². The fraction of sp³-hybridized carbons (Fsp3) is 0. The van der Waals surface area contributed by atoms with Crippen LogP contribution >= 0.6 is 0 Å². The molecule has 4 aromatic carbocycles. The Balaban J connectivity index is 0.00000272. The zero-order valence-electron chi connectivity index (χ0n) is 17.4. The van der Waals surface area contributed by atoms with E-state index in [9.17, 15) is 0 Å². The summed E-state index contributed by atoms with van der Waals surface area (Å²) < 4.78 is 0. The second-order valence-corrected chi connectivity index (χ2v) is 7.28. The fourth-order valence-corrected chi connectivity index (χ4v) is 3.56. The second kappa shape index (κ2) is 10.2. The third-order valence-corrected chi connectivity index (χ3v) is 5.37. The average Bonchev–Trinajstić information content (AvgIpc) is 2.84. The van der Waals surface area contributed by atoms with Crippen molar-refractivity contribution in [2.75, 3.05) is 0 Å². The average molecular weight is 486 g/mol. The largest absolute Gasteiger partial charge is 0.0985 e. The first-order valence-electron chi connectivity index (χ1n) is 10.0. The molecule has 0 radical (unpaired) electrons. The van der Waals surface area contributed by atoms with Gasteiger partial charge in [0.05, 0.1) is 0 Å². The smallest absolute Gasteiger partial charge is 0 e. The molecule has 0 nitrogen and oxygen atoms in total. The fourth-order valence-electron chi connectivity index (χ4n) is 3.56. The van der Waals surface area contributed by atoms with E-state index in [2.05, 4.69) is 111 Å². The third-order valence-electron chi connectivity index (χ3n) is 5.37. The number of hydrogen-bond donors (Lipinski definition) is 0. The minimum atomic E-state index is 0. The SMILES string of the molecule is C=Cc1ccc(-c2cc(-c3ccc(C=C)cc3)cc(-c3ccc(C=C)cc3)c2)cc1.[Ru]. The van der Waals surface area contributed by atoms with Gasteiger partial charge < -0.3 is 0 Å². The van der Waals surface area contributed by atoms with Gasteiger partial charge in [-0.05, 0) is 68.3 Å². The number of benzene rings is 4. The van der Waals surface area contributed by atoms with Crippen LogP contribution in [0, 0.1) is 0 Å². The molecule has 0 aliphatic carbocycles. The maximum atomic E-state index is 3.86. The van der Waals surface area contributed by atoms with Crippen molar-refractivity contribution >= 4 is 18.2 Å². The van der Waals surface area contributed by atoms with Crippen LogP contribution < -0.4 is 0 Å². The molecule has 0 spiro atoms. The molecule has 0 saturated carbocycles. The monoisotopic (exact) mass is 486 g/mol. The van der Waals surface area contributed by atoms with Gasteiger partial charge in [-0.2, -0.15) is 0 Å². The Morgan fingerprint density at radius 1 is 0.355 bits per heavy atom. The molecule has 152 valence electrons. The Bertz CT molecular complexity index is 1030. The van der Waals surface area contributed by atoms with E-state index in [0.717, 1.165) is 16.7 Å². The minimum Gasteiger partial charge on any atom is -0.0985 e. The summed E-state index contributed by atoms with van der Waals surface area (Å²) in [6.45, 7) is 11.6. The van der Waals surface area contributed by atoms with Gasteiger partial charge >= 0.3 is 0 Å². The van der Waals surface area contributed by atoms with Gasteiger partial charge in [-0.1, -0.05) is 111 Å². The van der Waals surface area contributed by atoms with E-state index in [0.29, 0.717) is 0 Å². The molecule has 4 rings (SSSR count). The van der Waals surface area contributed by atoms with Gasteiger partial charge in [0.25, 0.3) is 0 Å². The van der Waals surface area contributed by atoms with E-state index in [4.69, 9.17) is 0 Å². The summed E-state index contributed by atoms with van der Waals surface area (Å²) in [4.78, 5) is 0. The topological polar surface area (TPSA) is 0 Å². The van der Waals surface area contributed by atoms with Crippen LogP contribution in [0.15, 0.2) is 111 Å². The van der Waals surface area contributed by atoms with Crippen molar-refractivity contribution in [3.05, 3.63) is 127 Å². The second-order valence-electron chi connectivity index (χ2n) is 7.28. The van der Waals surface area contributed by atoms with Crippen LogP contribution in [0.1, 0.15) is 16.7 Å². The van der Waals surface area contributed by atoms with Gasteiger partial charge in [-0.15, -0.1) is 0 Å². The molecule has 0 aromatic heterocycles. The Hall–Kier alpha value is -3.28. The van der Waals surface area contributed by atoms with Crippen LogP contribution in [0.5, 0.6) is 0 Å². The van der Waals surface area contributed by atoms with Crippen LogP contribution in [0.3, 0.4) is 0 Å². The van der Waals surface area contributed by atoms with Gasteiger partial charge in [0.15, 0.2) is 0 Å². The molecule has 0 aliphatic rings. The zero-order valence-corrected chi connectivity index (χ0v) is 19.1. The standard InChI is InChI=1S/C30H24.Ru/c1-4-22-7-13-25(14-8-22)28-19-29(26-15-9-23(5-2)10-16-26)21-30(20-28)27-17-11-24(6-3)12-18-27;/h4-21H,1-3H2;. The Labute approximate surface area is 198 Å². The predicted octanol–water partition coefficient (Wildman–Crippen LogP) is 8.61. The van der Waals surface area contributed by atoms with Crippen molar-refractivity contribution in [1.29, 1.82) is 0 Å². The molecular weight excluding hydrogens is 461 g/mol. The van der Waals surface area contributed by atoms with Crippen LogP contribution in [0.2, 0.25) is 0 Å². The first-order chi connectivity index (χ1) is 14.7. The number of hydrogen-bond acceptors (Lipinski definition) is 0. The molecular formula is C30H24Ru. The first kappa shape index (κ1) is 22.4. The van der Waals surface area contributed by atoms with Crippen LogP contribution in [-0.4, -0.2) is 0 Å². The molecule has 0 unspecified atom stereocenters. The molecule has 0 aliphatic heterocycles. The summed E-state index contributed by atoms with van der Waals surface area (Å²) in [5, 5.41) is 0. The first-order valence-corrected chi connectivity index (χ1v) is 10.0. The van der Waals surface area contributed by atoms with Crippen LogP contribution in [0.4, 0.5) is 0 Å². The van der Waals surface area contributed by atoms with E-state index in [1.807, 2.05) is 18.2 Å². The Morgan fingerprint density at radius 3 is 0.774 bits per heavy atom. The molecule has 0 amide bonds. The normalized spacial score (nSPS) is 10.1. The maximum Gasteiger partial charge on any atom is 0 e. The molecule has 0 bridgehead atoms. The zero-order chi connectivity index (χ0) is 20.9. The van der Waals surface area contributed by atoms with Gasteiger partial charge in [-0.25, -0.2) is 0 Å². The van der Waals surface area contributed by atoms with Crippen molar-refractivity contribution in [3.8, 4) is 33.4 Å². The van der Waals surface area contributed by atoms with Gasteiger partial charge in [-0.3, -0.25) is 0 Å². The summed E-state index contributed by atoms with van der Waals surface area (Å²) in [5.41, 5.74) is 10.5. The van der Waals surface area contributed by atoms with E-state index in [-0.39, 0.29) is 19.5 Å². The molecule has 0 heterocycles. The number of rotatable bonds is 6. The molecule has 0 atom stereocenters. The Morgan fingerprint density at radius 2 is 0.581 bits per heavy atom. The summed E-state index contributed by atoms with van der Waals surface area (Å²) in [6.07, 6.45) is 5.61. The van der Waals surface area contributed by atoms with E-state index >= 15 is 0 Å². The molecule has 0 fully saturated rings. The van der Waals surface area contributed by atoms with Gasteiger partial charge in [0, 0.05) is 19.5 Å².